The van der Waals surface area contributed by atoms with Gasteiger partial charge in [-0.05, 0) is 24.1 Å². The number of aromatic nitrogens is 1. The van der Waals surface area contributed by atoms with Gasteiger partial charge in [-0.25, -0.2) is 4.98 Å². The van der Waals surface area contributed by atoms with Crippen LogP contribution in [0.4, 0.5) is 0 Å². The van der Waals surface area contributed by atoms with Crippen LogP contribution in [0.3, 0.4) is 0 Å². The van der Waals surface area contributed by atoms with Gasteiger partial charge in [0.25, 0.3) is 0 Å². The highest BCUT2D eigenvalue weighted by Crippen LogP contribution is 2.13. The van der Waals surface area contributed by atoms with E-state index in [1.807, 2.05) is 23.7 Å². The summed E-state index contributed by atoms with van der Waals surface area (Å²) in [5, 5.41) is 6.64. The predicted molar refractivity (Wildman–Crippen MR) is 79.8 cm³/mol. The van der Waals surface area contributed by atoms with Gasteiger partial charge in [0.05, 0.1) is 11.6 Å². The fraction of sp³-hybridized carbons (Fsp3) is 0.400. The summed E-state index contributed by atoms with van der Waals surface area (Å²) in [6.45, 7) is 4.72. The molecule has 1 N–H and O–H groups in total. The number of hydrogen-bond donors (Lipinski definition) is 1. The van der Waals surface area contributed by atoms with Crippen LogP contribution in [0.1, 0.15) is 23.9 Å². The Balaban J connectivity index is 1.73. The number of nitrogens with one attached hydrogen (secondary N) is 1. The average Bonchev–Trinajstić information content (AvgIpc) is 2.95. The maximum absolute atomic E-state index is 5.62. The Morgan fingerprint density at radius 3 is 3.11 bits per heavy atom. The molecule has 0 amide bonds. The van der Waals surface area contributed by atoms with Gasteiger partial charge in [0.2, 0.25) is 0 Å². The molecule has 2 aromatic rings. The fourth-order valence-corrected chi connectivity index (χ4v) is 2.39. The first-order valence-corrected chi connectivity index (χ1v) is 7.57. The highest BCUT2D eigenvalue weighted by molar-refractivity contribution is 7.09. The molecule has 1 heterocycles. The normalized spacial score (nSPS) is 10.6. The fourth-order valence-electron chi connectivity index (χ4n) is 1.77. The third-order valence-electron chi connectivity index (χ3n) is 2.70. The maximum atomic E-state index is 5.62. The second kappa shape index (κ2) is 7.92. The zero-order valence-corrected chi connectivity index (χ0v) is 12.1. The molecule has 2 rings (SSSR count). The van der Waals surface area contributed by atoms with Crippen molar-refractivity contribution in [2.45, 2.75) is 26.3 Å². The second-order valence-electron chi connectivity index (χ2n) is 4.35. The van der Waals surface area contributed by atoms with Gasteiger partial charge < -0.3 is 10.1 Å². The van der Waals surface area contributed by atoms with E-state index in [1.54, 1.807) is 11.3 Å². The lowest BCUT2D eigenvalue weighted by molar-refractivity contribution is 0.317. The lowest BCUT2D eigenvalue weighted by Gasteiger charge is -2.07. The van der Waals surface area contributed by atoms with Crippen LogP contribution in [0.25, 0.3) is 0 Å². The second-order valence-corrected chi connectivity index (χ2v) is 5.33. The predicted octanol–water partition coefficient (Wildman–Crippen LogP) is 3.26. The molecule has 0 unspecified atom stereocenters. The zero-order chi connectivity index (χ0) is 13.3. The topological polar surface area (TPSA) is 34.1 Å². The van der Waals surface area contributed by atoms with Crippen LogP contribution in [0.5, 0.6) is 5.75 Å². The number of rotatable bonds is 8. The number of ether oxygens (including phenoxy) is 1. The molecule has 0 saturated carbocycles. The number of benzene rings is 1. The highest BCUT2D eigenvalue weighted by atomic mass is 32.1. The molecule has 0 radical (unpaired) electrons. The molecule has 0 spiro atoms. The standard InChI is InChI=1S/C15H20N2OS/c1-2-9-18-14-5-3-4-13(11-14)12-16-7-6-15-17-8-10-19-15/h3-5,8,10-11,16H,2,6-7,9,12H2,1H3. The smallest absolute Gasteiger partial charge is 0.119 e. The third kappa shape index (κ3) is 5.01. The van der Waals surface area contributed by atoms with E-state index in [0.717, 1.165) is 38.3 Å². The van der Waals surface area contributed by atoms with E-state index in [4.69, 9.17) is 4.74 Å². The van der Waals surface area contributed by atoms with Crippen molar-refractivity contribution in [2.24, 2.45) is 0 Å². The SMILES string of the molecule is CCCOc1cccc(CNCCc2nccs2)c1. The summed E-state index contributed by atoms with van der Waals surface area (Å²) in [5.74, 6) is 0.959. The van der Waals surface area contributed by atoms with Crippen LogP contribution < -0.4 is 10.1 Å². The average molecular weight is 276 g/mol. The van der Waals surface area contributed by atoms with Gasteiger partial charge in [0, 0.05) is 31.1 Å². The summed E-state index contributed by atoms with van der Waals surface area (Å²) in [6.07, 6.45) is 3.88. The summed E-state index contributed by atoms with van der Waals surface area (Å²) in [6, 6.07) is 8.28. The van der Waals surface area contributed by atoms with E-state index in [0.29, 0.717) is 0 Å². The minimum atomic E-state index is 0.779. The van der Waals surface area contributed by atoms with Crippen LogP contribution in [-0.4, -0.2) is 18.1 Å². The first kappa shape index (κ1) is 14.0. The lowest BCUT2D eigenvalue weighted by atomic mass is 10.2. The van der Waals surface area contributed by atoms with E-state index in [-0.39, 0.29) is 0 Å². The molecular weight excluding hydrogens is 256 g/mol. The summed E-state index contributed by atoms with van der Waals surface area (Å²) in [4.78, 5) is 4.27. The molecule has 19 heavy (non-hydrogen) atoms. The van der Waals surface area contributed by atoms with Crippen LogP contribution >= 0.6 is 11.3 Å². The summed E-state index contributed by atoms with van der Waals surface area (Å²) >= 11 is 1.71. The Bertz CT molecular complexity index is 471. The molecule has 102 valence electrons. The van der Waals surface area contributed by atoms with Crippen LogP contribution in [0, 0.1) is 0 Å². The van der Waals surface area contributed by atoms with Crippen molar-refractivity contribution in [3.63, 3.8) is 0 Å². The van der Waals surface area contributed by atoms with Crippen molar-refractivity contribution < 1.29 is 4.74 Å². The van der Waals surface area contributed by atoms with Gasteiger partial charge in [-0.1, -0.05) is 19.1 Å². The quantitative estimate of drug-likeness (QED) is 0.751. The lowest BCUT2D eigenvalue weighted by Crippen LogP contribution is -2.16. The van der Waals surface area contributed by atoms with Gasteiger partial charge in [-0.15, -0.1) is 11.3 Å². The van der Waals surface area contributed by atoms with Gasteiger partial charge in [0.15, 0.2) is 0 Å². The molecule has 0 aliphatic rings. The van der Waals surface area contributed by atoms with Crippen LogP contribution in [0.2, 0.25) is 0 Å². The van der Waals surface area contributed by atoms with E-state index in [9.17, 15) is 0 Å². The molecular formula is C15H20N2OS. The molecule has 0 bridgehead atoms. The molecule has 4 heteroatoms. The third-order valence-corrected chi connectivity index (χ3v) is 3.54. The zero-order valence-electron chi connectivity index (χ0n) is 11.3. The molecule has 3 nitrogen and oxygen atoms in total. The number of nitrogens with zero attached hydrogens (tertiary/aromatic N) is 1. The van der Waals surface area contributed by atoms with E-state index in [1.165, 1.54) is 10.6 Å². The summed E-state index contributed by atoms with van der Waals surface area (Å²) in [7, 11) is 0. The largest absolute Gasteiger partial charge is 0.494 e. The monoisotopic (exact) mass is 276 g/mol. The van der Waals surface area contributed by atoms with Crippen LogP contribution in [0.15, 0.2) is 35.8 Å². The maximum Gasteiger partial charge on any atom is 0.119 e. The van der Waals surface area contributed by atoms with Gasteiger partial charge in [-0.2, -0.15) is 0 Å². The first-order valence-electron chi connectivity index (χ1n) is 6.69. The summed E-state index contributed by atoms with van der Waals surface area (Å²) in [5.41, 5.74) is 1.26. The van der Waals surface area contributed by atoms with Crippen molar-refractivity contribution in [1.29, 1.82) is 0 Å². The van der Waals surface area contributed by atoms with E-state index >= 15 is 0 Å². The molecule has 0 fully saturated rings. The Kier molecular flexibility index (Phi) is 5.85. The first-order chi connectivity index (χ1) is 9.38. The molecule has 0 aliphatic heterocycles. The Labute approximate surface area is 118 Å². The van der Waals surface area contributed by atoms with E-state index < -0.39 is 0 Å². The minimum Gasteiger partial charge on any atom is -0.494 e. The van der Waals surface area contributed by atoms with Gasteiger partial charge in [-0.3, -0.25) is 0 Å². The summed E-state index contributed by atoms with van der Waals surface area (Å²) < 4.78 is 5.62. The van der Waals surface area contributed by atoms with Crippen molar-refractivity contribution in [3.8, 4) is 5.75 Å². The van der Waals surface area contributed by atoms with Crippen LogP contribution in [-0.2, 0) is 13.0 Å². The molecule has 1 aromatic heterocycles. The van der Waals surface area contributed by atoms with Gasteiger partial charge >= 0.3 is 0 Å². The number of thiazole rings is 1. The molecule has 0 saturated heterocycles. The van der Waals surface area contributed by atoms with E-state index in [2.05, 4.69) is 29.4 Å². The van der Waals surface area contributed by atoms with Crippen molar-refractivity contribution >= 4 is 11.3 Å². The Hall–Kier alpha value is -1.39. The minimum absolute atomic E-state index is 0.779. The van der Waals surface area contributed by atoms with Crippen molar-refractivity contribution in [3.05, 3.63) is 46.4 Å². The number of hydrogen-bond acceptors (Lipinski definition) is 4. The molecule has 0 aliphatic carbocycles. The van der Waals surface area contributed by atoms with Gasteiger partial charge in [0.1, 0.15) is 5.75 Å². The van der Waals surface area contributed by atoms with Crippen molar-refractivity contribution in [1.82, 2.24) is 10.3 Å². The Morgan fingerprint density at radius 2 is 2.32 bits per heavy atom. The Morgan fingerprint density at radius 1 is 1.37 bits per heavy atom. The molecule has 1 aromatic carbocycles. The highest BCUT2D eigenvalue weighted by Gasteiger charge is 1.98. The van der Waals surface area contributed by atoms with Crippen molar-refractivity contribution in [2.75, 3.05) is 13.2 Å². The molecule has 0 atom stereocenters.